The summed E-state index contributed by atoms with van der Waals surface area (Å²) in [5.41, 5.74) is 6.69. The Bertz CT molecular complexity index is 323. The zero-order chi connectivity index (χ0) is 11.3. The van der Waals surface area contributed by atoms with E-state index in [2.05, 4.69) is 0 Å². The first-order valence-corrected chi connectivity index (χ1v) is 4.89. The van der Waals surface area contributed by atoms with Gasteiger partial charge in [-0.3, -0.25) is 0 Å². The van der Waals surface area contributed by atoms with E-state index in [9.17, 15) is 4.39 Å². The average Bonchev–Trinajstić information content (AvgIpc) is 2.26. The molecule has 0 spiro atoms. The summed E-state index contributed by atoms with van der Waals surface area (Å²) in [4.78, 5) is 0. The number of aliphatic hydroxyl groups is 1. The summed E-state index contributed by atoms with van der Waals surface area (Å²) in [6.45, 7) is 0.117. The lowest BCUT2D eigenvalue weighted by Gasteiger charge is -2.12. The van der Waals surface area contributed by atoms with E-state index in [0.29, 0.717) is 12.8 Å². The van der Waals surface area contributed by atoms with E-state index >= 15 is 0 Å². The van der Waals surface area contributed by atoms with Crippen LogP contribution in [0.5, 0.6) is 5.75 Å². The fourth-order valence-corrected chi connectivity index (χ4v) is 1.38. The van der Waals surface area contributed by atoms with Gasteiger partial charge in [0.1, 0.15) is 0 Å². The smallest absolute Gasteiger partial charge is 0.165 e. The third-order valence-electron chi connectivity index (χ3n) is 2.28. The first-order chi connectivity index (χ1) is 7.19. The van der Waals surface area contributed by atoms with Crippen LogP contribution in [0, 0.1) is 5.82 Å². The van der Waals surface area contributed by atoms with E-state index in [0.717, 1.165) is 5.56 Å². The lowest BCUT2D eigenvalue weighted by molar-refractivity contribution is 0.280. The molecule has 0 fully saturated rings. The van der Waals surface area contributed by atoms with Crippen molar-refractivity contribution in [1.29, 1.82) is 0 Å². The van der Waals surface area contributed by atoms with E-state index in [4.69, 9.17) is 15.6 Å². The Hall–Kier alpha value is -0.840. The number of nitrogens with two attached hydrogens (primary N) is 1. The van der Waals surface area contributed by atoms with Gasteiger partial charge in [-0.1, -0.05) is 6.07 Å². The first kappa shape index (κ1) is 15.2. The second-order valence-electron chi connectivity index (χ2n) is 3.37. The van der Waals surface area contributed by atoms with Gasteiger partial charge in [0.25, 0.3) is 0 Å². The molecular formula is C11H17ClFNO2. The fourth-order valence-electron chi connectivity index (χ4n) is 1.38. The van der Waals surface area contributed by atoms with E-state index in [1.807, 2.05) is 0 Å². The van der Waals surface area contributed by atoms with Gasteiger partial charge in [-0.15, -0.1) is 12.4 Å². The molecule has 5 heteroatoms. The first-order valence-electron chi connectivity index (χ1n) is 4.89. The molecule has 0 saturated carbocycles. The summed E-state index contributed by atoms with van der Waals surface area (Å²) in [5, 5.41) is 8.67. The number of rotatable bonds is 5. The van der Waals surface area contributed by atoms with Crippen molar-refractivity contribution in [3.05, 3.63) is 29.6 Å². The molecule has 0 heterocycles. The lowest BCUT2D eigenvalue weighted by Crippen LogP contribution is -2.11. The third kappa shape index (κ3) is 3.96. The van der Waals surface area contributed by atoms with Crippen molar-refractivity contribution < 1.29 is 14.2 Å². The van der Waals surface area contributed by atoms with Crippen molar-refractivity contribution in [1.82, 2.24) is 0 Å². The molecule has 1 aromatic rings. The van der Waals surface area contributed by atoms with Crippen LogP contribution in [0.15, 0.2) is 18.2 Å². The summed E-state index contributed by atoms with van der Waals surface area (Å²) < 4.78 is 17.9. The van der Waals surface area contributed by atoms with Gasteiger partial charge in [-0.25, -0.2) is 4.39 Å². The van der Waals surface area contributed by atoms with Crippen LogP contribution >= 0.6 is 12.4 Å². The number of ether oxygens (including phenoxy) is 1. The van der Waals surface area contributed by atoms with Crippen molar-refractivity contribution in [2.24, 2.45) is 5.73 Å². The van der Waals surface area contributed by atoms with Gasteiger partial charge >= 0.3 is 0 Å². The number of halogens is 2. The molecule has 0 bridgehead atoms. The molecule has 0 aromatic heterocycles. The summed E-state index contributed by atoms with van der Waals surface area (Å²) in [6, 6.07) is 4.39. The van der Waals surface area contributed by atoms with E-state index in [1.165, 1.54) is 13.2 Å². The van der Waals surface area contributed by atoms with Crippen LogP contribution in [0.25, 0.3) is 0 Å². The van der Waals surface area contributed by atoms with Crippen LogP contribution in [0.1, 0.15) is 24.4 Å². The molecular weight excluding hydrogens is 233 g/mol. The maximum absolute atomic E-state index is 13.1. The Balaban J connectivity index is 0.00000225. The van der Waals surface area contributed by atoms with Crippen LogP contribution in [0.2, 0.25) is 0 Å². The van der Waals surface area contributed by atoms with Crippen molar-refractivity contribution in [3.63, 3.8) is 0 Å². The molecule has 0 saturated heterocycles. The third-order valence-corrected chi connectivity index (χ3v) is 2.28. The summed E-state index contributed by atoms with van der Waals surface area (Å²) in [5.74, 6) is -0.192. The molecule has 0 amide bonds. The van der Waals surface area contributed by atoms with E-state index < -0.39 is 5.82 Å². The van der Waals surface area contributed by atoms with Crippen LogP contribution in [0.3, 0.4) is 0 Å². The van der Waals surface area contributed by atoms with Crippen molar-refractivity contribution in [3.8, 4) is 5.75 Å². The minimum absolute atomic E-state index is 0. The molecule has 1 rings (SSSR count). The second-order valence-corrected chi connectivity index (χ2v) is 3.37. The highest BCUT2D eigenvalue weighted by atomic mass is 35.5. The molecule has 16 heavy (non-hydrogen) atoms. The van der Waals surface area contributed by atoms with Gasteiger partial charge in [0, 0.05) is 12.6 Å². The Labute approximate surface area is 101 Å². The molecule has 1 aromatic carbocycles. The lowest BCUT2D eigenvalue weighted by atomic mass is 10.0. The Morgan fingerprint density at radius 2 is 2.19 bits per heavy atom. The average molecular weight is 250 g/mol. The number of benzene rings is 1. The van der Waals surface area contributed by atoms with Crippen LogP contribution in [0.4, 0.5) is 4.39 Å². The minimum atomic E-state index is -0.393. The zero-order valence-corrected chi connectivity index (χ0v) is 9.97. The monoisotopic (exact) mass is 249 g/mol. The topological polar surface area (TPSA) is 55.5 Å². The molecule has 0 aliphatic heterocycles. The van der Waals surface area contributed by atoms with Gasteiger partial charge in [0.15, 0.2) is 11.6 Å². The number of hydrogen-bond donors (Lipinski definition) is 2. The molecule has 3 nitrogen and oxygen atoms in total. The SMILES string of the molecule is COc1cc([C@@H](N)CCCO)ccc1F.Cl. The maximum Gasteiger partial charge on any atom is 0.165 e. The number of methoxy groups -OCH3 is 1. The second kappa shape index (κ2) is 7.44. The normalized spacial score (nSPS) is 11.8. The molecule has 0 radical (unpaired) electrons. The molecule has 92 valence electrons. The largest absolute Gasteiger partial charge is 0.494 e. The van der Waals surface area contributed by atoms with E-state index in [1.54, 1.807) is 12.1 Å². The Morgan fingerprint density at radius 3 is 2.75 bits per heavy atom. The van der Waals surface area contributed by atoms with Crippen LogP contribution < -0.4 is 10.5 Å². The van der Waals surface area contributed by atoms with Gasteiger partial charge < -0.3 is 15.6 Å². The highest BCUT2D eigenvalue weighted by Crippen LogP contribution is 2.23. The van der Waals surface area contributed by atoms with Gasteiger partial charge in [0.2, 0.25) is 0 Å². The van der Waals surface area contributed by atoms with Gasteiger partial charge in [-0.2, -0.15) is 0 Å². The molecule has 0 aliphatic rings. The van der Waals surface area contributed by atoms with Crippen molar-refractivity contribution in [2.45, 2.75) is 18.9 Å². The predicted octanol–water partition coefficient (Wildman–Crippen LogP) is 2.03. The number of hydrogen-bond acceptors (Lipinski definition) is 3. The Kier molecular flexibility index (Phi) is 7.05. The number of aliphatic hydroxyl groups excluding tert-OH is 1. The van der Waals surface area contributed by atoms with Crippen LogP contribution in [-0.2, 0) is 0 Å². The highest BCUT2D eigenvalue weighted by molar-refractivity contribution is 5.85. The van der Waals surface area contributed by atoms with E-state index in [-0.39, 0.29) is 30.8 Å². The predicted molar refractivity (Wildman–Crippen MR) is 63.4 cm³/mol. The highest BCUT2D eigenvalue weighted by Gasteiger charge is 2.09. The minimum Gasteiger partial charge on any atom is -0.494 e. The summed E-state index contributed by atoms with van der Waals surface area (Å²) in [6.07, 6.45) is 1.31. The summed E-state index contributed by atoms with van der Waals surface area (Å²) >= 11 is 0. The molecule has 1 atom stereocenters. The van der Waals surface area contributed by atoms with Crippen molar-refractivity contribution >= 4 is 12.4 Å². The van der Waals surface area contributed by atoms with Crippen molar-refractivity contribution in [2.75, 3.05) is 13.7 Å². The molecule has 3 N–H and O–H groups in total. The maximum atomic E-state index is 13.1. The van der Waals surface area contributed by atoms with Crippen LogP contribution in [-0.4, -0.2) is 18.8 Å². The standard InChI is InChI=1S/C11H16FNO2.ClH/c1-15-11-7-8(4-5-9(11)12)10(13)3-2-6-14;/h4-5,7,10,14H,2-3,6,13H2,1H3;1H/t10-;/m0./s1. The van der Waals surface area contributed by atoms with Gasteiger partial charge in [0.05, 0.1) is 7.11 Å². The van der Waals surface area contributed by atoms with Gasteiger partial charge in [-0.05, 0) is 30.5 Å². The molecule has 0 unspecified atom stereocenters. The molecule has 0 aliphatic carbocycles. The summed E-state index contributed by atoms with van der Waals surface area (Å²) in [7, 11) is 1.42. The Morgan fingerprint density at radius 1 is 1.50 bits per heavy atom. The quantitative estimate of drug-likeness (QED) is 0.840. The zero-order valence-electron chi connectivity index (χ0n) is 9.15. The fraction of sp³-hybridized carbons (Fsp3) is 0.455.